The highest BCUT2D eigenvalue weighted by atomic mass is 15.0. The van der Waals surface area contributed by atoms with Crippen LogP contribution in [-0.2, 0) is 5.41 Å². The number of nitrogens with one attached hydrogen (secondary N) is 1. The van der Waals surface area contributed by atoms with Gasteiger partial charge in [-0.1, -0.05) is 133 Å². The second-order valence-corrected chi connectivity index (χ2v) is 11.1. The number of hydrogen-bond acceptors (Lipinski definition) is 3. The van der Waals surface area contributed by atoms with Gasteiger partial charge in [-0.15, -0.1) is 0 Å². The lowest BCUT2D eigenvalue weighted by Crippen LogP contribution is -2.31. The molecule has 0 saturated heterocycles. The first-order valence-electron chi connectivity index (χ1n) is 14.7. The van der Waals surface area contributed by atoms with E-state index in [0.717, 1.165) is 22.7 Å². The van der Waals surface area contributed by atoms with Gasteiger partial charge in [-0.05, 0) is 51.6 Å². The van der Waals surface area contributed by atoms with Crippen molar-refractivity contribution in [2.24, 2.45) is 4.99 Å². The molecular formula is C40H29N3. The SMILES string of the molecule is C1=C(c2ccc3c(c2)C(c2ccccc2)(c2ccccc2)c2ccncc2-3)N=C(c2ccccc2)NC1c1ccccc1. The molecule has 0 radical (unpaired) electrons. The zero-order valence-corrected chi connectivity index (χ0v) is 23.6. The van der Waals surface area contributed by atoms with Crippen molar-refractivity contribution in [1.29, 1.82) is 0 Å². The van der Waals surface area contributed by atoms with E-state index >= 15 is 0 Å². The van der Waals surface area contributed by atoms with E-state index in [2.05, 4.69) is 156 Å². The molecule has 0 spiro atoms. The van der Waals surface area contributed by atoms with Crippen molar-refractivity contribution in [2.75, 3.05) is 0 Å². The van der Waals surface area contributed by atoms with Crippen LogP contribution in [0.25, 0.3) is 16.8 Å². The third-order valence-electron chi connectivity index (χ3n) is 8.70. The van der Waals surface area contributed by atoms with E-state index in [1.807, 2.05) is 18.5 Å². The number of nitrogens with zero attached hydrogens (tertiary/aromatic N) is 2. The number of aromatic nitrogens is 1. The molecule has 204 valence electrons. The van der Waals surface area contributed by atoms with Crippen molar-refractivity contribution in [3.05, 3.63) is 203 Å². The average Bonchev–Trinajstić information content (AvgIpc) is 3.40. The van der Waals surface area contributed by atoms with E-state index in [-0.39, 0.29) is 6.04 Å². The first-order chi connectivity index (χ1) is 21.3. The maximum absolute atomic E-state index is 5.22. The summed E-state index contributed by atoms with van der Waals surface area (Å²) in [6, 6.07) is 51.7. The second-order valence-electron chi connectivity index (χ2n) is 11.1. The summed E-state index contributed by atoms with van der Waals surface area (Å²) in [7, 11) is 0. The van der Waals surface area contributed by atoms with Gasteiger partial charge in [0, 0.05) is 29.1 Å². The van der Waals surface area contributed by atoms with E-state index in [1.54, 1.807) is 0 Å². The molecule has 43 heavy (non-hydrogen) atoms. The largest absolute Gasteiger partial charge is 0.359 e. The molecule has 0 fully saturated rings. The average molecular weight is 552 g/mol. The minimum absolute atomic E-state index is 0.00781. The highest BCUT2D eigenvalue weighted by molar-refractivity contribution is 6.03. The lowest BCUT2D eigenvalue weighted by atomic mass is 9.67. The number of pyridine rings is 1. The topological polar surface area (TPSA) is 37.3 Å². The van der Waals surface area contributed by atoms with E-state index in [4.69, 9.17) is 4.99 Å². The van der Waals surface area contributed by atoms with Gasteiger partial charge < -0.3 is 5.32 Å². The van der Waals surface area contributed by atoms with Crippen molar-refractivity contribution < 1.29 is 0 Å². The van der Waals surface area contributed by atoms with Crippen molar-refractivity contribution in [3.63, 3.8) is 0 Å². The Kier molecular flexibility index (Phi) is 6.08. The summed E-state index contributed by atoms with van der Waals surface area (Å²) in [6.07, 6.45) is 6.19. The van der Waals surface area contributed by atoms with E-state index in [9.17, 15) is 0 Å². The van der Waals surface area contributed by atoms with Crippen LogP contribution in [0.3, 0.4) is 0 Å². The molecule has 6 aromatic rings. The molecule has 0 amide bonds. The van der Waals surface area contributed by atoms with Crippen LogP contribution in [0.15, 0.2) is 169 Å². The second kappa shape index (κ2) is 10.4. The van der Waals surface area contributed by atoms with Gasteiger partial charge in [-0.3, -0.25) is 4.98 Å². The van der Waals surface area contributed by atoms with Gasteiger partial charge in [0.2, 0.25) is 0 Å². The summed E-state index contributed by atoms with van der Waals surface area (Å²) in [5.41, 5.74) is 11.2. The number of aliphatic imine (C=N–C) groups is 1. The number of hydrogen-bond donors (Lipinski definition) is 1. The number of benzene rings is 5. The summed E-state index contributed by atoms with van der Waals surface area (Å²) < 4.78 is 0. The number of rotatable bonds is 5. The van der Waals surface area contributed by atoms with Crippen molar-refractivity contribution in [2.45, 2.75) is 11.5 Å². The van der Waals surface area contributed by atoms with Gasteiger partial charge in [0.05, 0.1) is 17.2 Å². The summed E-state index contributed by atoms with van der Waals surface area (Å²) in [6.45, 7) is 0. The molecular weight excluding hydrogens is 522 g/mol. The zero-order valence-electron chi connectivity index (χ0n) is 23.6. The fourth-order valence-electron chi connectivity index (χ4n) is 6.78. The smallest absolute Gasteiger partial charge is 0.134 e. The molecule has 3 heteroatoms. The van der Waals surface area contributed by atoms with Crippen molar-refractivity contribution in [1.82, 2.24) is 10.3 Å². The lowest BCUT2D eigenvalue weighted by molar-refractivity contribution is 0.765. The maximum atomic E-state index is 5.22. The van der Waals surface area contributed by atoms with Crippen LogP contribution in [0.1, 0.15) is 45.0 Å². The van der Waals surface area contributed by atoms with Crippen LogP contribution in [0.5, 0.6) is 0 Å². The van der Waals surface area contributed by atoms with Crippen LogP contribution in [-0.4, -0.2) is 10.8 Å². The predicted octanol–water partition coefficient (Wildman–Crippen LogP) is 8.58. The molecule has 5 aromatic carbocycles. The third kappa shape index (κ3) is 4.12. The molecule has 2 heterocycles. The Hall–Kier alpha value is -5.54. The first-order valence-corrected chi connectivity index (χ1v) is 14.7. The van der Waals surface area contributed by atoms with E-state index < -0.39 is 5.41 Å². The minimum atomic E-state index is -0.482. The quantitative estimate of drug-likeness (QED) is 0.233. The lowest BCUT2D eigenvalue weighted by Gasteiger charge is -2.34. The van der Waals surface area contributed by atoms with Crippen LogP contribution in [0.4, 0.5) is 0 Å². The Morgan fingerprint density at radius 2 is 1.19 bits per heavy atom. The van der Waals surface area contributed by atoms with Gasteiger partial charge in [0.15, 0.2) is 0 Å². The van der Waals surface area contributed by atoms with Crippen LogP contribution in [0, 0.1) is 0 Å². The summed E-state index contributed by atoms with van der Waals surface area (Å²) in [5.74, 6) is 0.873. The van der Waals surface area contributed by atoms with Gasteiger partial charge in [0.1, 0.15) is 5.84 Å². The molecule has 1 aliphatic carbocycles. The third-order valence-corrected chi connectivity index (χ3v) is 8.70. The first kappa shape index (κ1) is 25.2. The molecule has 2 aliphatic rings. The Balaban J connectivity index is 1.37. The Morgan fingerprint density at radius 3 is 1.86 bits per heavy atom. The predicted molar refractivity (Wildman–Crippen MR) is 175 cm³/mol. The molecule has 3 nitrogen and oxygen atoms in total. The van der Waals surface area contributed by atoms with Gasteiger partial charge in [-0.2, -0.15) is 0 Å². The standard InChI is InChI=1S/C40H29N3/c1-5-13-28(14-6-1)37-26-38(43-39(42-37)29-15-7-2-8-16-29)30-21-22-33-34-27-41-24-23-35(34)40(36(33)25-30,31-17-9-3-10-18-31)32-19-11-4-12-20-32/h1-27,37H,(H,42,43). The highest BCUT2D eigenvalue weighted by Gasteiger charge is 2.46. The highest BCUT2D eigenvalue weighted by Crippen LogP contribution is 2.56. The Labute approximate surface area is 252 Å². The molecule has 1 unspecified atom stereocenters. The van der Waals surface area contributed by atoms with Crippen LogP contribution >= 0.6 is 0 Å². The van der Waals surface area contributed by atoms with Crippen molar-refractivity contribution in [3.8, 4) is 11.1 Å². The van der Waals surface area contributed by atoms with Gasteiger partial charge >= 0.3 is 0 Å². The molecule has 1 aliphatic heterocycles. The fraction of sp³-hybridized carbons (Fsp3) is 0.0500. The molecule has 1 atom stereocenters. The Bertz CT molecular complexity index is 1940. The minimum Gasteiger partial charge on any atom is -0.359 e. The van der Waals surface area contributed by atoms with Crippen LogP contribution < -0.4 is 5.32 Å². The maximum Gasteiger partial charge on any atom is 0.134 e. The molecule has 8 rings (SSSR count). The summed E-state index contributed by atoms with van der Waals surface area (Å²) in [4.78, 5) is 9.79. The normalized spacial score (nSPS) is 16.3. The van der Waals surface area contributed by atoms with Gasteiger partial charge in [0.25, 0.3) is 0 Å². The van der Waals surface area contributed by atoms with Crippen molar-refractivity contribution >= 4 is 11.5 Å². The summed E-state index contributed by atoms with van der Waals surface area (Å²) in [5, 5.41) is 3.69. The van der Waals surface area contributed by atoms with E-state index in [1.165, 1.54) is 38.9 Å². The molecule has 0 bridgehead atoms. The van der Waals surface area contributed by atoms with Gasteiger partial charge in [-0.25, -0.2) is 4.99 Å². The summed E-state index contributed by atoms with van der Waals surface area (Å²) >= 11 is 0. The van der Waals surface area contributed by atoms with E-state index in [0.29, 0.717) is 0 Å². The molecule has 0 saturated carbocycles. The number of fused-ring (bicyclic) bond motifs is 3. The zero-order chi connectivity index (χ0) is 28.6. The monoisotopic (exact) mass is 551 g/mol. The molecule has 1 aromatic heterocycles. The molecule has 1 N–H and O–H groups in total. The number of amidine groups is 1. The Morgan fingerprint density at radius 1 is 0.558 bits per heavy atom. The fourth-order valence-corrected chi connectivity index (χ4v) is 6.78. The van der Waals surface area contributed by atoms with Crippen LogP contribution in [0.2, 0.25) is 0 Å².